The van der Waals surface area contributed by atoms with Crippen LogP contribution in [0.5, 0.6) is 5.75 Å². The molecule has 104 valence electrons. The minimum atomic E-state index is 0.333. The molecule has 0 aliphatic carbocycles. The van der Waals surface area contributed by atoms with Gasteiger partial charge in [-0.25, -0.2) is 0 Å². The molecule has 0 aliphatic heterocycles. The number of rotatable bonds is 2. The lowest BCUT2D eigenvalue weighted by molar-refractivity contribution is 0.479. The third-order valence-corrected chi connectivity index (χ3v) is 4.78. The molecule has 0 saturated heterocycles. The maximum Gasteiger partial charge on any atom is 0.131 e. The first-order chi connectivity index (χ1) is 10.1. The summed E-state index contributed by atoms with van der Waals surface area (Å²) in [5.74, 6) is 0.333. The Morgan fingerprint density at radius 2 is 0.952 bits per heavy atom. The van der Waals surface area contributed by atoms with E-state index in [2.05, 4.69) is 45.2 Å². The van der Waals surface area contributed by atoms with Crippen LogP contribution < -0.4 is 0 Å². The van der Waals surface area contributed by atoms with E-state index in [1.165, 1.54) is 7.14 Å². The zero-order valence-corrected chi connectivity index (χ0v) is 15.4. The van der Waals surface area contributed by atoms with Crippen molar-refractivity contribution in [3.05, 3.63) is 73.9 Å². The predicted molar refractivity (Wildman–Crippen MR) is 104 cm³/mol. The summed E-state index contributed by atoms with van der Waals surface area (Å²) in [6.45, 7) is 0. The average Bonchev–Trinajstić information content (AvgIpc) is 2.50. The number of hydrogen-bond donors (Lipinski definition) is 1. The van der Waals surface area contributed by atoms with E-state index in [1.807, 2.05) is 66.7 Å². The van der Waals surface area contributed by atoms with Gasteiger partial charge >= 0.3 is 0 Å². The zero-order chi connectivity index (χ0) is 14.8. The van der Waals surface area contributed by atoms with Gasteiger partial charge < -0.3 is 5.11 Å². The Hall–Kier alpha value is -1.08. The minimum Gasteiger partial charge on any atom is -0.507 e. The largest absolute Gasteiger partial charge is 0.507 e. The molecule has 0 radical (unpaired) electrons. The van der Waals surface area contributed by atoms with Crippen LogP contribution in [0.3, 0.4) is 0 Å². The van der Waals surface area contributed by atoms with Crippen LogP contribution in [0.15, 0.2) is 66.7 Å². The maximum absolute atomic E-state index is 10.6. The van der Waals surface area contributed by atoms with Gasteiger partial charge in [-0.15, -0.1) is 0 Å². The molecule has 3 aromatic carbocycles. The van der Waals surface area contributed by atoms with E-state index in [1.54, 1.807) is 0 Å². The van der Waals surface area contributed by atoms with Crippen molar-refractivity contribution in [2.75, 3.05) is 0 Å². The Morgan fingerprint density at radius 3 is 1.33 bits per heavy atom. The van der Waals surface area contributed by atoms with E-state index in [-0.39, 0.29) is 0 Å². The molecule has 3 aromatic rings. The summed E-state index contributed by atoms with van der Waals surface area (Å²) in [4.78, 5) is 0. The zero-order valence-electron chi connectivity index (χ0n) is 11.1. The van der Waals surface area contributed by atoms with Gasteiger partial charge in [-0.3, -0.25) is 0 Å². The minimum absolute atomic E-state index is 0.333. The highest BCUT2D eigenvalue weighted by molar-refractivity contribution is 14.1. The number of aromatic hydroxyl groups is 1. The van der Waals surface area contributed by atoms with Crippen LogP contribution in [0.2, 0.25) is 0 Å². The van der Waals surface area contributed by atoms with Gasteiger partial charge in [-0.1, -0.05) is 42.5 Å². The first-order valence-corrected chi connectivity index (χ1v) is 8.65. The van der Waals surface area contributed by atoms with Gasteiger partial charge in [-0.05, 0) is 80.6 Å². The summed E-state index contributed by atoms with van der Waals surface area (Å²) in [6, 6.07) is 22.2. The van der Waals surface area contributed by atoms with Crippen molar-refractivity contribution in [1.82, 2.24) is 0 Å². The molecule has 0 aliphatic rings. The van der Waals surface area contributed by atoms with Gasteiger partial charge in [-0.2, -0.15) is 0 Å². The first-order valence-electron chi connectivity index (χ1n) is 6.49. The fraction of sp³-hybridized carbons (Fsp3) is 0. The number of benzene rings is 3. The summed E-state index contributed by atoms with van der Waals surface area (Å²) < 4.78 is 2.37. The van der Waals surface area contributed by atoms with E-state index >= 15 is 0 Å². The standard InChI is InChI=1S/C18H12I2O/c19-14-8-4-12(5-9-14)16-2-1-3-17(18(16)21)13-6-10-15(20)11-7-13/h1-11,21H. The third-order valence-electron chi connectivity index (χ3n) is 3.35. The molecule has 0 fully saturated rings. The molecule has 0 spiro atoms. The Bertz CT molecular complexity index is 698. The second-order valence-electron chi connectivity index (χ2n) is 4.72. The number of halogens is 2. The highest BCUT2D eigenvalue weighted by Gasteiger charge is 2.10. The molecule has 0 aromatic heterocycles. The van der Waals surface area contributed by atoms with Crippen molar-refractivity contribution >= 4 is 45.2 Å². The Labute approximate surface area is 151 Å². The van der Waals surface area contributed by atoms with E-state index in [4.69, 9.17) is 0 Å². The number of para-hydroxylation sites is 1. The SMILES string of the molecule is Oc1c(-c2ccc(I)cc2)cccc1-c1ccc(I)cc1. The molecular formula is C18H12I2O. The van der Waals surface area contributed by atoms with Crippen LogP contribution in [-0.2, 0) is 0 Å². The quantitative estimate of drug-likeness (QED) is 0.435. The van der Waals surface area contributed by atoms with E-state index in [9.17, 15) is 5.11 Å². The molecule has 0 amide bonds. The lowest BCUT2D eigenvalue weighted by Gasteiger charge is -2.10. The fourth-order valence-corrected chi connectivity index (χ4v) is 2.99. The van der Waals surface area contributed by atoms with Crippen LogP contribution in [-0.4, -0.2) is 5.11 Å². The van der Waals surface area contributed by atoms with Crippen molar-refractivity contribution in [2.24, 2.45) is 0 Å². The summed E-state index contributed by atoms with van der Waals surface area (Å²) in [7, 11) is 0. The monoisotopic (exact) mass is 498 g/mol. The van der Waals surface area contributed by atoms with Gasteiger partial charge in [0.1, 0.15) is 5.75 Å². The molecule has 0 saturated carbocycles. The van der Waals surface area contributed by atoms with Crippen LogP contribution in [0.4, 0.5) is 0 Å². The second-order valence-corrected chi connectivity index (χ2v) is 7.21. The molecule has 21 heavy (non-hydrogen) atoms. The summed E-state index contributed by atoms with van der Waals surface area (Å²) in [5.41, 5.74) is 3.78. The van der Waals surface area contributed by atoms with Crippen molar-refractivity contribution in [3.8, 4) is 28.0 Å². The molecular weight excluding hydrogens is 486 g/mol. The molecule has 0 bridgehead atoms. The van der Waals surface area contributed by atoms with Crippen LogP contribution >= 0.6 is 45.2 Å². The molecule has 1 nitrogen and oxygen atoms in total. The molecule has 1 N–H and O–H groups in total. The molecule has 0 unspecified atom stereocenters. The fourth-order valence-electron chi connectivity index (χ4n) is 2.27. The van der Waals surface area contributed by atoms with Crippen molar-refractivity contribution in [1.29, 1.82) is 0 Å². The smallest absolute Gasteiger partial charge is 0.131 e. The van der Waals surface area contributed by atoms with Crippen LogP contribution in [0.25, 0.3) is 22.3 Å². The Kier molecular flexibility index (Phi) is 4.49. The Balaban J connectivity index is 2.10. The predicted octanol–water partition coefficient (Wildman–Crippen LogP) is 5.94. The van der Waals surface area contributed by atoms with Gasteiger partial charge in [0.25, 0.3) is 0 Å². The van der Waals surface area contributed by atoms with Gasteiger partial charge in [0.05, 0.1) is 0 Å². The van der Waals surface area contributed by atoms with E-state index in [0.717, 1.165) is 22.3 Å². The van der Waals surface area contributed by atoms with E-state index in [0.29, 0.717) is 5.75 Å². The van der Waals surface area contributed by atoms with Crippen molar-refractivity contribution in [3.63, 3.8) is 0 Å². The van der Waals surface area contributed by atoms with Crippen LogP contribution in [0, 0.1) is 7.14 Å². The lowest BCUT2D eigenvalue weighted by atomic mass is 9.97. The second kappa shape index (κ2) is 6.36. The van der Waals surface area contributed by atoms with Gasteiger partial charge in [0.2, 0.25) is 0 Å². The van der Waals surface area contributed by atoms with Gasteiger partial charge in [0.15, 0.2) is 0 Å². The first kappa shape index (κ1) is 14.8. The maximum atomic E-state index is 10.6. The highest BCUT2D eigenvalue weighted by atomic mass is 127. The van der Waals surface area contributed by atoms with E-state index < -0.39 is 0 Å². The summed E-state index contributed by atoms with van der Waals surface area (Å²) >= 11 is 4.56. The number of phenolic OH excluding ortho intramolecular Hbond substituents is 1. The third kappa shape index (κ3) is 3.23. The summed E-state index contributed by atoms with van der Waals surface area (Å²) in [6.07, 6.45) is 0. The number of phenols is 1. The normalized spacial score (nSPS) is 10.6. The summed E-state index contributed by atoms with van der Waals surface area (Å²) in [5, 5.41) is 10.6. The molecule has 0 heterocycles. The molecule has 3 rings (SSSR count). The highest BCUT2D eigenvalue weighted by Crippen LogP contribution is 2.38. The van der Waals surface area contributed by atoms with Crippen molar-refractivity contribution in [2.45, 2.75) is 0 Å². The number of hydrogen-bond acceptors (Lipinski definition) is 1. The van der Waals surface area contributed by atoms with Crippen molar-refractivity contribution < 1.29 is 5.11 Å². The average molecular weight is 498 g/mol. The molecule has 3 heteroatoms. The topological polar surface area (TPSA) is 20.2 Å². The molecule has 0 atom stereocenters. The lowest BCUT2D eigenvalue weighted by Crippen LogP contribution is -1.85. The Morgan fingerprint density at radius 1 is 0.571 bits per heavy atom. The van der Waals surface area contributed by atoms with Crippen LogP contribution in [0.1, 0.15) is 0 Å². The van der Waals surface area contributed by atoms with Gasteiger partial charge in [0, 0.05) is 18.3 Å².